The summed E-state index contributed by atoms with van der Waals surface area (Å²) in [5.74, 6) is 0.0718. The second kappa shape index (κ2) is 7.52. The number of hydrogen-bond acceptors (Lipinski definition) is 2. The average Bonchev–Trinajstić information content (AvgIpc) is 1.91. The minimum absolute atomic E-state index is 0.0718. The van der Waals surface area contributed by atoms with Gasteiger partial charge in [-0.2, -0.15) is 0 Å². The molecule has 0 aliphatic heterocycles. The van der Waals surface area contributed by atoms with Crippen LogP contribution in [0.25, 0.3) is 0 Å². The van der Waals surface area contributed by atoms with Crippen LogP contribution in [0.15, 0.2) is 24.4 Å². The zero-order valence-electron chi connectivity index (χ0n) is 4.96. The normalized spacial score (nSPS) is 7.40. The van der Waals surface area contributed by atoms with Gasteiger partial charge in [-0.1, -0.05) is 6.07 Å². The number of pyridine rings is 1. The van der Waals surface area contributed by atoms with Crippen molar-refractivity contribution in [2.45, 2.75) is 0 Å². The quantitative estimate of drug-likeness (QED) is 0.772. The molecule has 1 heterocycles. The van der Waals surface area contributed by atoms with E-state index in [1.54, 1.807) is 12.1 Å². The zero-order chi connectivity index (χ0) is 7.82. The van der Waals surface area contributed by atoms with Gasteiger partial charge in [0.2, 0.25) is 5.88 Å². The summed E-state index contributed by atoms with van der Waals surface area (Å²) in [5, 5.41) is 8.52. The van der Waals surface area contributed by atoms with E-state index in [1.165, 1.54) is 12.3 Å². The van der Waals surface area contributed by atoms with Gasteiger partial charge < -0.3 is 5.11 Å². The van der Waals surface area contributed by atoms with Crippen molar-refractivity contribution in [2.75, 3.05) is 0 Å². The summed E-state index contributed by atoms with van der Waals surface area (Å²) < 4.78 is 0. The Labute approximate surface area is 77.9 Å². The Balaban J connectivity index is 0.000000236. The molecule has 1 rings (SSSR count). The molecule has 0 aliphatic carbocycles. The fourth-order valence-electron chi connectivity index (χ4n) is 0.354. The van der Waals surface area contributed by atoms with Crippen molar-refractivity contribution < 1.29 is 26.0 Å². The Morgan fingerprint density at radius 3 is 2.20 bits per heavy atom. The number of aromatic nitrogens is 1. The van der Waals surface area contributed by atoms with Crippen molar-refractivity contribution in [2.24, 2.45) is 0 Å². The van der Waals surface area contributed by atoms with E-state index >= 15 is 0 Å². The molecule has 10 heavy (non-hydrogen) atoms. The SMILES string of the molecule is Oc1ccccn1.[Cl][Zr][Cl]. The number of hydrogen-bond donors (Lipinski definition) is 1. The van der Waals surface area contributed by atoms with E-state index in [4.69, 9.17) is 22.1 Å². The third kappa shape index (κ3) is 6.53. The van der Waals surface area contributed by atoms with Crippen molar-refractivity contribution in [1.29, 1.82) is 0 Å². The molecule has 2 nitrogen and oxygen atoms in total. The van der Waals surface area contributed by atoms with Gasteiger partial charge in [0.25, 0.3) is 0 Å². The molecule has 0 fully saturated rings. The Morgan fingerprint density at radius 1 is 1.40 bits per heavy atom. The molecule has 54 valence electrons. The van der Waals surface area contributed by atoms with Crippen LogP contribution in [0.1, 0.15) is 0 Å². The van der Waals surface area contributed by atoms with Crippen molar-refractivity contribution >= 4 is 17.0 Å². The van der Waals surface area contributed by atoms with Crippen LogP contribution in [0, 0.1) is 0 Å². The van der Waals surface area contributed by atoms with Gasteiger partial charge in [-0.15, -0.1) is 0 Å². The van der Waals surface area contributed by atoms with Crippen LogP contribution < -0.4 is 0 Å². The fourth-order valence-corrected chi connectivity index (χ4v) is 0.354. The first-order valence-electron chi connectivity index (χ1n) is 2.37. The first-order valence-corrected chi connectivity index (χ1v) is 8.70. The summed E-state index contributed by atoms with van der Waals surface area (Å²) >= 11 is -0.826. The second-order valence-electron chi connectivity index (χ2n) is 1.26. The van der Waals surface area contributed by atoms with Crippen molar-refractivity contribution in [3.8, 4) is 5.88 Å². The molecule has 0 amide bonds. The molecule has 0 aliphatic rings. The van der Waals surface area contributed by atoms with Crippen LogP contribution in [0.4, 0.5) is 0 Å². The summed E-state index contributed by atoms with van der Waals surface area (Å²) in [7, 11) is 9.87. The van der Waals surface area contributed by atoms with E-state index in [0.717, 1.165) is 0 Å². The Morgan fingerprint density at radius 2 is 2.00 bits per heavy atom. The minimum atomic E-state index is -0.826. The molecular weight excluding hydrogens is 252 g/mol. The van der Waals surface area contributed by atoms with Crippen LogP contribution >= 0.6 is 17.0 Å². The van der Waals surface area contributed by atoms with Gasteiger partial charge in [-0.05, 0) is 6.07 Å². The molecule has 5 heteroatoms. The number of nitrogens with zero attached hydrogens (tertiary/aromatic N) is 1. The van der Waals surface area contributed by atoms with E-state index in [0.29, 0.717) is 0 Å². The summed E-state index contributed by atoms with van der Waals surface area (Å²) in [4.78, 5) is 3.53. The van der Waals surface area contributed by atoms with Gasteiger partial charge >= 0.3 is 37.9 Å². The van der Waals surface area contributed by atoms with E-state index in [1.807, 2.05) is 0 Å². The van der Waals surface area contributed by atoms with Gasteiger partial charge in [-0.25, -0.2) is 4.98 Å². The summed E-state index contributed by atoms with van der Waals surface area (Å²) in [6, 6.07) is 5.00. The molecule has 0 saturated heterocycles. The number of rotatable bonds is 0. The Hall–Kier alpha value is 0.413. The molecule has 0 saturated carbocycles. The van der Waals surface area contributed by atoms with Crippen LogP contribution in [0.3, 0.4) is 0 Å². The Bertz CT molecular complexity index is 161. The first-order chi connectivity index (χ1) is 4.81. The maximum absolute atomic E-state index is 8.52. The maximum atomic E-state index is 8.52. The van der Waals surface area contributed by atoms with Crippen molar-refractivity contribution in [3.63, 3.8) is 0 Å². The van der Waals surface area contributed by atoms with E-state index in [-0.39, 0.29) is 5.88 Å². The monoisotopic (exact) mass is 255 g/mol. The van der Waals surface area contributed by atoms with E-state index in [2.05, 4.69) is 4.98 Å². The van der Waals surface area contributed by atoms with Crippen LogP contribution in [0.2, 0.25) is 0 Å². The van der Waals surface area contributed by atoms with E-state index < -0.39 is 20.8 Å². The fraction of sp³-hybridized carbons (Fsp3) is 0. The van der Waals surface area contributed by atoms with Crippen molar-refractivity contribution in [1.82, 2.24) is 4.98 Å². The van der Waals surface area contributed by atoms with Crippen LogP contribution in [-0.2, 0) is 20.8 Å². The predicted octanol–water partition coefficient (Wildman–Crippen LogP) is 2.16. The third-order valence-electron chi connectivity index (χ3n) is 0.649. The van der Waals surface area contributed by atoms with Gasteiger partial charge in [0.1, 0.15) is 0 Å². The number of aromatic hydroxyl groups is 1. The topological polar surface area (TPSA) is 33.1 Å². The first kappa shape index (κ1) is 10.4. The van der Waals surface area contributed by atoms with Gasteiger partial charge in [0.15, 0.2) is 0 Å². The Kier molecular flexibility index (Phi) is 7.83. The molecule has 0 spiro atoms. The molecule has 1 N–H and O–H groups in total. The summed E-state index contributed by atoms with van der Waals surface area (Å²) in [6.45, 7) is 0. The summed E-state index contributed by atoms with van der Waals surface area (Å²) in [6.07, 6.45) is 1.54. The summed E-state index contributed by atoms with van der Waals surface area (Å²) in [5.41, 5.74) is 0. The molecule has 0 bridgehead atoms. The molecule has 0 aromatic carbocycles. The van der Waals surface area contributed by atoms with Gasteiger partial charge in [0.05, 0.1) is 0 Å². The number of halogens is 2. The molecule has 0 atom stereocenters. The van der Waals surface area contributed by atoms with Crippen LogP contribution in [0.5, 0.6) is 5.88 Å². The molecule has 1 aromatic heterocycles. The van der Waals surface area contributed by atoms with E-state index in [9.17, 15) is 0 Å². The third-order valence-corrected chi connectivity index (χ3v) is 0.649. The molecular formula is C5H5Cl2NOZr. The average molecular weight is 257 g/mol. The predicted molar refractivity (Wildman–Crippen MR) is 37.6 cm³/mol. The zero-order valence-corrected chi connectivity index (χ0v) is 8.93. The molecule has 1 aromatic rings. The standard InChI is InChI=1S/C5H5NO.2ClH.Zr/c7-5-3-1-2-4-6-5;;;/h1-4H,(H,6,7);2*1H;/q;;;+2/p-2. The van der Waals surface area contributed by atoms with Gasteiger partial charge in [0, 0.05) is 12.3 Å². The van der Waals surface area contributed by atoms with Crippen LogP contribution in [-0.4, -0.2) is 10.1 Å². The second-order valence-corrected chi connectivity index (χ2v) is 4.99. The molecule has 0 unspecified atom stereocenters. The molecule has 0 radical (unpaired) electrons. The van der Waals surface area contributed by atoms with Crippen molar-refractivity contribution in [3.05, 3.63) is 24.4 Å². The van der Waals surface area contributed by atoms with Gasteiger partial charge in [-0.3, -0.25) is 0 Å².